The smallest absolute Gasteiger partial charge is 0.196 e. The lowest BCUT2D eigenvalue weighted by atomic mass is 9.80. The molecule has 2 nitrogen and oxygen atoms in total. The van der Waals surface area contributed by atoms with E-state index >= 15 is 0 Å². The molecule has 0 aliphatic heterocycles. The van der Waals surface area contributed by atoms with Gasteiger partial charge in [0.2, 0.25) is 0 Å². The summed E-state index contributed by atoms with van der Waals surface area (Å²) in [6.45, 7) is 3.19. The third kappa shape index (κ3) is 6.63. The maximum atomic E-state index is 13.0. The van der Waals surface area contributed by atoms with Gasteiger partial charge in [0.25, 0.3) is 0 Å². The molecule has 0 N–H and O–H groups in total. The van der Waals surface area contributed by atoms with E-state index in [2.05, 4.69) is 6.92 Å². The van der Waals surface area contributed by atoms with E-state index in [0.29, 0.717) is 6.10 Å². The first-order chi connectivity index (χ1) is 11.2. The summed E-state index contributed by atoms with van der Waals surface area (Å²) in [4.78, 5) is 0. The van der Waals surface area contributed by atoms with Crippen molar-refractivity contribution in [3.05, 3.63) is 11.9 Å². The lowest BCUT2D eigenvalue weighted by Gasteiger charge is -2.31. The first kappa shape index (κ1) is 18.5. The molecule has 0 aromatic heterocycles. The monoisotopic (exact) mass is 321 g/mol. The second kappa shape index (κ2) is 10.1. The molecule has 2 aliphatic rings. The van der Waals surface area contributed by atoms with Crippen LogP contribution in [0, 0.1) is 29.1 Å². The van der Waals surface area contributed by atoms with E-state index in [4.69, 9.17) is 10.00 Å². The number of nitriles is 1. The fraction of sp³-hybridized carbons (Fsp3) is 0.850. The third-order valence-electron chi connectivity index (χ3n) is 5.71. The normalized spacial score (nSPS) is 32.5. The fourth-order valence-electron chi connectivity index (χ4n) is 4.12. The second-order valence-corrected chi connectivity index (χ2v) is 7.53. The Balaban J connectivity index is 1.59. The zero-order valence-corrected chi connectivity index (χ0v) is 14.6. The summed E-state index contributed by atoms with van der Waals surface area (Å²) in [5, 5.41) is 8.49. The van der Waals surface area contributed by atoms with Crippen molar-refractivity contribution >= 4 is 0 Å². The molecule has 0 amide bonds. The molecule has 0 unspecified atom stereocenters. The first-order valence-corrected chi connectivity index (χ1v) is 9.60. The number of allylic oxidation sites excluding steroid dienone is 2. The van der Waals surface area contributed by atoms with Gasteiger partial charge >= 0.3 is 0 Å². The van der Waals surface area contributed by atoms with Crippen molar-refractivity contribution in [1.29, 1.82) is 5.26 Å². The van der Waals surface area contributed by atoms with Gasteiger partial charge in [-0.2, -0.15) is 9.65 Å². The summed E-state index contributed by atoms with van der Waals surface area (Å²) in [6, 6.07) is 1.57. The van der Waals surface area contributed by atoms with Gasteiger partial charge in [-0.25, -0.2) is 0 Å². The number of ether oxygens (including phenoxy) is 1. The molecule has 0 spiro atoms. The minimum absolute atomic E-state index is 0.225. The SMILES string of the molecule is CCCCC1CCC(COC2CCC(C=C(F)C#N)CC2)CC1. The van der Waals surface area contributed by atoms with E-state index in [1.165, 1.54) is 51.0 Å². The van der Waals surface area contributed by atoms with E-state index in [9.17, 15) is 4.39 Å². The van der Waals surface area contributed by atoms with E-state index < -0.39 is 5.83 Å². The summed E-state index contributed by atoms with van der Waals surface area (Å²) in [7, 11) is 0. The molecule has 23 heavy (non-hydrogen) atoms. The summed E-state index contributed by atoms with van der Waals surface area (Å²) < 4.78 is 19.1. The highest BCUT2D eigenvalue weighted by molar-refractivity contribution is 5.13. The number of hydrogen-bond donors (Lipinski definition) is 0. The van der Waals surface area contributed by atoms with Gasteiger partial charge in [-0.1, -0.05) is 39.0 Å². The highest BCUT2D eigenvalue weighted by Gasteiger charge is 2.24. The molecule has 0 heterocycles. The maximum absolute atomic E-state index is 13.0. The van der Waals surface area contributed by atoms with Crippen molar-refractivity contribution in [3.8, 4) is 6.07 Å². The second-order valence-electron chi connectivity index (χ2n) is 7.53. The molecule has 2 fully saturated rings. The molecule has 130 valence electrons. The first-order valence-electron chi connectivity index (χ1n) is 9.60. The lowest BCUT2D eigenvalue weighted by molar-refractivity contribution is -0.00671. The molecular weight excluding hydrogens is 289 g/mol. The van der Waals surface area contributed by atoms with Gasteiger partial charge in [-0.15, -0.1) is 0 Å². The van der Waals surface area contributed by atoms with Crippen LogP contribution in [-0.4, -0.2) is 12.7 Å². The van der Waals surface area contributed by atoms with Gasteiger partial charge in [-0.3, -0.25) is 0 Å². The molecule has 0 aromatic carbocycles. The Labute approximate surface area is 141 Å². The average molecular weight is 321 g/mol. The molecule has 0 bridgehead atoms. The Morgan fingerprint density at radius 1 is 1.09 bits per heavy atom. The van der Waals surface area contributed by atoms with Crippen LogP contribution < -0.4 is 0 Å². The van der Waals surface area contributed by atoms with Crippen molar-refractivity contribution in [3.63, 3.8) is 0 Å². The van der Waals surface area contributed by atoms with E-state index in [1.807, 2.05) is 0 Å². The number of unbranched alkanes of at least 4 members (excludes halogenated alkanes) is 1. The molecule has 2 saturated carbocycles. The predicted octanol–water partition coefficient (Wildman–Crippen LogP) is 5.94. The van der Waals surface area contributed by atoms with Gasteiger partial charge in [-0.05, 0) is 62.4 Å². The van der Waals surface area contributed by atoms with Gasteiger partial charge in [0, 0.05) is 6.61 Å². The van der Waals surface area contributed by atoms with Crippen LogP contribution in [0.5, 0.6) is 0 Å². The average Bonchev–Trinajstić information content (AvgIpc) is 2.60. The Kier molecular flexibility index (Phi) is 8.09. The highest BCUT2D eigenvalue weighted by atomic mass is 19.1. The van der Waals surface area contributed by atoms with E-state index in [0.717, 1.165) is 44.1 Å². The fourth-order valence-corrected chi connectivity index (χ4v) is 4.12. The minimum Gasteiger partial charge on any atom is -0.378 e. The van der Waals surface area contributed by atoms with Crippen LogP contribution in [0.3, 0.4) is 0 Å². The Hall–Kier alpha value is -0.880. The number of nitrogens with zero attached hydrogens (tertiary/aromatic N) is 1. The van der Waals surface area contributed by atoms with Crippen LogP contribution in [0.4, 0.5) is 4.39 Å². The molecule has 2 aliphatic carbocycles. The molecule has 0 saturated heterocycles. The lowest BCUT2D eigenvalue weighted by Crippen LogP contribution is -2.25. The van der Waals surface area contributed by atoms with Gasteiger partial charge in [0.05, 0.1) is 6.10 Å². The molecular formula is C20H32FNO. The van der Waals surface area contributed by atoms with Crippen molar-refractivity contribution in [2.75, 3.05) is 6.61 Å². The summed E-state index contributed by atoms with van der Waals surface area (Å²) in [5.74, 6) is 1.31. The highest BCUT2D eigenvalue weighted by Crippen LogP contribution is 2.33. The summed E-state index contributed by atoms with van der Waals surface area (Å²) in [6.07, 6.45) is 15.3. The largest absolute Gasteiger partial charge is 0.378 e. The zero-order valence-electron chi connectivity index (χ0n) is 14.6. The minimum atomic E-state index is -0.630. The summed E-state index contributed by atoms with van der Waals surface area (Å²) in [5.41, 5.74) is 0. The van der Waals surface area contributed by atoms with Crippen LogP contribution in [-0.2, 0) is 4.74 Å². The van der Waals surface area contributed by atoms with Crippen LogP contribution in [0.2, 0.25) is 0 Å². The Morgan fingerprint density at radius 2 is 1.74 bits per heavy atom. The molecule has 3 heteroatoms. The number of hydrogen-bond acceptors (Lipinski definition) is 2. The quantitative estimate of drug-likeness (QED) is 0.544. The van der Waals surface area contributed by atoms with Gasteiger partial charge < -0.3 is 4.74 Å². The van der Waals surface area contributed by atoms with E-state index in [-0.39, 0.29) is 5.92 Å². The molecule has 0 radical (unpaired) electrons. The van der Waals surface area contributed by atoms with Gasteiger partial charge in [0.1, 0.15) is 6.07 Å². The van der Waals surface area contributed by atoms with Crippen LogP contribution in [0.1, 0.15) is 77.6 Å². The molecule has 0 aromatic rings. The van der Waals surface area contributed by atoms with Crippen molar-refractivity contribution in [2.45, 2.75) is 83.7 Å². The Bertz CT molecular complexity index is 398. The van der Waals surface area contributed by atoms with Crippen molar-refractivity contribution in [2.24, 2.45) is 17.8 Å². The van der Waals surface area contributed by atoms with Crippen molar-refractivity contribution in [1.82, 2.24) is 0 Å². The van der Waals surface area contributed by atoms with Crippen molar-refractivity contribution < 1.29 is 9.13 Å². The third-order valence-corrected chi connectivity index (χ3v) is 5.71. The predicted molar refractivity (Wildman–Crippen MR) is 91.5 cm³/mol. The standard InChI is InChI=1S/C20H32FNO/c1-2-3-4-16-5-7-18(8-6-16)15-23-20-11-9-17(10-12-20)13-19(21)14-22/h13,16-18,20H,2-12,15H2,1H3. The number of rotatable bonds is 7. The molecule has 2 rings (SSSR count). The Morgan fingerprint density at radius 3 is 2.35 bits per heavy atom. The molecule has 0 atom stereocenters. The maximum Gasteiger partial charge on any atom is 0.196 e. The van der Waals surface area contributed by atoms with Crippen LogP contribution >= 0.6 is 0 Å². The summed E-state index contributed by atoms with van der Waals surface area (Å²) >= 11 is 0. The number of halogens is 1. The zero-order chi connectivity index (χ0) is 16.5. The van der Waals surface area contributed by atoms with Gasteiger partial charge in [0.15, 0.2) is 5.83 Å². The van der Waals surface area contributed by atoms with E-state index in [1.54, 1.807) is 6.07 Å². The van der Waals surface area contributed by atoms with Crippen LogP contribution in [0.15, 0.2) is 11.9 Å². The topological polar surface area (TPSA) is 33.0 Å². The van der Waals surface area contributed by atoms with Crippen LogP contribution in [0.25, 0.3) is 0 Å².